The number of para-hydroxylation sites is 1. The number of alkyl halides is 1. The second kappa shape index (κ2) is 6.91. The van der Waals surface area contributed by atoms with Gasteiger partial charge < -0.3 is 10.1 Å². The van der Waals surface area contributed by atoms with Crippen LogP contribution in [0.25, 0.3) is 10.9 Å². The molecule has 1 heterocycles. The number of hydrogen-bond acceptors (Lipinski definition) is 1. The third kappa shape index (κ3) is 3.48. The summed E-state index contributed by atoms with van der Waals surface area (Å²) in [4.78, 5) is 13.7. The number of rotatable bonds is 2. The van der Waals surface area contributed by atoms with Gasteiger partial charge in [0, 0.05) is 17.0 Å². The molecule has 3 rings (SSSR count). The normalized spacial score (nSPS) is 9.85. The molecule has 0 fully saturated rings. The average molecular weight is 332 g/mol. The Morgan fingerprint density at radius 1 is 1.05 bits per heavy atom. The summed E-state index contributed by atoms with van der Waals surface area (Å²) in [6.45, 7) is 0. The van der Waals surface area contributed by atoms with Crippen molar-refractivity contribution in [2.24, 2.45) is 0 Å². The number of H-pyrrole nitrogens is 1. The van der Waals surface area contributed by atoms with Crippen LogP contribution in [0.5, 0.6) is 0 Å². The lowest BCUT2D eigenvalue weighted by molar-refractivity contribution is 0.0696. The van der Waals surface area contributed by atoms with E-state index in [-0.39, 0.29) is 0 Å². The lowest BCUT2D eigenvalue weighted by Crippen LogP contribution is -1.99. The monoisotopic (exact) mass is 331 g/mol. The molecule has 20 heavy (non-hydrogen) atoms. The van der Waals surface area contributed by atoms with Crippen LogP contribution in [0.15, 0.2) is 60.8 Å². The predicted molar refractivity (Wildman–Crippen MR) is 84.3 cm³/mol. The second-order valence-corrected chi connectivity index (χ2v) is 4.72. The topological polar surface area (TPSA) is 53.1 Å². The van der Waals surface area contributed by atoms with Crippen LogP contribution in [0.2, 0.25) is 0 Å². The molecule has 4 heteroatoms. The minimum atomic E-state index is -0.875. The Bertz CT molecular complexity index is 676. The Labute approximate surface area is 125 Å². The van der Waals surface area contributed by atoms with Crippen LogP contribution in [-0.4, -0.2) is 16.1 Å². The number of nitrogens with one attached hydrogen (secondary N) is 1. The van der Waals surface area contributed by atoms with E-state index in [1.807, 2.05) is 24.4 Å². The molecule has 0 aliphatic carbocycles. The van der Waals surface area contributed by atoms with Crippen molar-refractivity contribution in [2.75, 3.05) is 0 Å². The molecule has 3 nitrogen and oxygen atoms in total. The number of benzene rings is 2. The average Bonchev–Trinajstić information content (AvgIpc) is 2.96. The Balaban J connectivity index is 0.000000149. The van der Waals surface area contributed by atoms with Gasteiger partial charge in [-0.2, -0.15) is 0 Å². The number of fused-ring (bicyclic) bond motifs is 1. The number of carbonyl (C=O) groups is 1. The van der Waals surface area contributed by atoms with Crippen LogP contribution in [0.4, 0.5) is 0 Å². The zero-order valence-electron chi connectivity index (χ0n) is 10.7. The number of carboxylic acids is 1. The molecule has 0 bridgehead atoms. The molecule has 0 unspecified atom stereocenters. The van der Waals surface area contributed by atoms with Crippen LogP contribution in [0.3, 0.4) is 0 Å². The van der Waals surface area contributed by atoms with Crippen molar-refractivity contribution in [1.82, 2.24) is 4.98 Å². The zero-order chi connectivity index (χ0) is 14.4. The van der Waals surface area contributed by atoms with Gasteiger partial charge in [0.25, 0.3) is 0 Å². The van der Waals surface area contributed by atoms with Crippen molar-refractivity contribution in [1.29, 1.82) is 0 Å². The highest BCUT2D eigenvalue weighted by Gasteiger charge is 2.06. The Hall–Kier alpha value is -2.07. The van der Waals surface area contributed by atoms with E-state index in [0.29, 0.717) is 10.9 Å². The Kier molecular flexibility index (Phi) is 4.96. The highest BCUT2D eigenvalue weighted by Crippen LogP contribution is 2.11. The fourth-order valence-corrected chi connectivity index (χ4v) is 2.33. The van der Waals surface area contributed by atoms with Crippen LogP contribution in [-0.2, 0) is 5.33 Å². The first-order valence-corrected chi connectivity index (χ1v) is 7.24. The van der Waals surface area contributed by atoms with Gasteiger partial charge in [0.05, 0.1) is 5.56 Å². The van der Waals surface area contributed by atoms with E-state index in [0.717, 1.165) is 5.56 Å². The molecular formula is C16H14BrNO2. The Morgan fingerprint density at radius 2 is 1.75 bits per heavy atom. The highest BCUT2D eigenvalue weighted by molar-refractivity contribution is 9.08. The summed E-state index contributed by atoms with van der Waals surface area (Å²) in [7, 11) is 0. The van der Waals surface area contributed by atoms with Crippen molar-refractivity contribution in [3.05, 3.63) is 71.9 Å². The summed E-state index contributed by atoms with van der Waals surface area (Å²) in [5, 5.41) is 10.5. The maximum atomic E-state index is 10.6. The van der Waals surface area contributed by atoms with Crippen molar-refractivity contribution < 1.29 is 9.90 Å². The third-order valence-corrected chi connectivity index (χ3v) is 3.46. The van der Waals surface area contributed by atoms with Gasteiger partial charge in [0.15, 0.2) is 0 Å². The summed E-state index contributed by atoms with van der Waals surface area (Å²) in [6, 6.07) is 17.2. The maximum absolute atomic E-state index is 10.6. The highest BCUT2D eigenvalue weighted by atomic mass is 79.9. The predicted octanol–water partition coefficient (Wildman–Crippen LogP) is 4.45. The van der Waals surface area contributed by atoms with Crippen molar-refractivity contribution in [3.63, 3.8) is 0 Å². The number of aromatic amines is 1. The van der Waals surface area contributed by atoms with Gasteiger partial charge in [0.2, 0.25) is 0 Å². The van der Waals surface area contributed by atoms with Crippen LogP contribution in [0.1, 0.15) is 15.9 Å². The van der Waals surface area contributed by atoms with Crippen LogP contribution < -0.4 is 0 Å². The quantitative estimate of drug-likeness (QED) is 0.681. The number of carboxylic acid groups (broad SMARTS) is 1. The Morgan fingerprint density at radius 3 is 2.40 bits per heavy atom. The molecule has 102 valence electrons. The smallest absolute Gasteiger partial charge is 0.335 e. The standard InChI is InChI=1S/C8H7BrO2.C8H7N/c9-5-6-3-1-2-4-7(6)8(10)11;1-2-4-8-7(3-1)5-6-9-8/h1-4H,5H2,(H,10,11);1-6,9H. The van der Waals surface area contributed by atoms with Gasteiger partial charge in [-0.1, -0.05) is 52.3 Å². The molecule has 0 amide bonds. The molecule has 3 aromatic rings. The largest absolute Gasteiger partial charge is 0.478 e. The molecule has 0 aliphatic rings. The summed E-state index contributed by atoms with van der Waals surface area (Å²) in [5.41, 5.74) is 2.38. The molecule has 1 aromatic heterocycles. The lowest BCUT2D eigenvalue weighted by atomic mass is 10.1. The first kappa shape index (κ1) is 14.3. The molecule has 0 atom stereocenters. The third-order valence-electron chi connectivity index (χ3n) is 2.85. The summed E-state index contributed by atoms with van der Waals surface area (Å²) in [6.07, 6.45) is 1.95. The van der Waals surface area contributed by atoms with Crippen molar-refractivity contribution >= 4 is 32.8 Å². The molecule has 2 N–H and O–H groups in total. The van der Waals surface area contributed by atoms with Crippen molar-refractivity contribution in [3.8, 4) is 0 Å². The van der Waals surface area contributed by atoms with Gasteiger partial charge >= 0.3 is 5.97 Å². The minimum absolute atomic E-state index is 0.365. The van der Waals surface area contributed by atoms with Crippen LogP contribution in [0, 0.1) is 0 Å². The zero-order valence-corrected chi connectivity index (χ0v) is 12.3. The van der Waals surface area contributed by atoms with E-state index in [9.17, 15) is 4.79 Å². The van der Waals surface area contributed by atoms with Gasteiger partial charge in [-0.15, -0.1) is 0 Å². The molecule has 0 aliphatic heterocycles. The summed E-state index contributed by atoms with van der Waals surface area (Å²) >= 11 is 3.21. The van der Waals surface area contributed by atoms with Gasteiger partial charge in [-0.05, 0) is 29.1 Å². The lowest BCUT2D eigenvalue weighted by Gasteiger charge is -1.99. The van der Waals surface area contributed by atoms with Crippen molar-refractivity contribution in [2.45, 2.75) is 5.33 Å². The maximum Gasteiger partial charge on any atom is 0.335 e. The van der Waals surface area contributed by atoms with E-state index >= 15 is 0 Å². The van der Waals surface area contributed by atoms with E-state index in [1.54, 1.807) is 18.2 Å². The first-order chi connectivity index (χ1) is 9.72. The van der Waals surface area contributed by atoms with Gasteiger partial charge in [-0.3, -0.25) is 0 Å². The fraction of sp³-hybridized carbons (Fsp3) is 0.0625. The molecule has 0 radical (unpaired) electrons. The van der Waals surface area contributed by atoms with Crippen LogP contribution >= 0.6 is 15.9 Å². The SMILES string of the molecule is O=C(O)c1ccccc1CBr.c1ccc2[nH]ccc2c1. The van der Waals surface area contributed by atoms with E-state index < -0.39 is 5.97 Å². The van der Waals surface area contributed by atoms with E-state index in [4.69, 9.17) is 5.11 Å². The number of hydrogen-bond donors (Lipinski definition) is 2. The van der Waals surface area contributed by atoms with Gasteiger partial charge in [0.1, 0.15) is 0 Å². The summed E-state index contributed by atoms with van der Waals surface area (Å²) < 4.78 is 0. The molecule has 0 spiro atoms. The fourth-order valence-electron chi connectivity index (χ4n) is 1.84. The number of aromatic carboxylic acids is 1. The molecule has 2 aromatic carbocycles. The number of aromatic nitrogens is 1. The van der Waals surface area contributed by atoms with E-state index in [2.05, 4.69) is 39.1 Å². The number of halogens is 1. The first-order valence-electron chi connectivity index (χ1n) is 6.11. The molecule has 0 saturated carbocycles. The minimum Gasteiger partial charge on any atom is -0.478 e. The summed E-state index contributed by atoms with van der Waals surface area (Å²) in [5.74, 6) is -0.875. The van der Waals surface area contributed by atoms with E-state index in [1.165, 1.54) is 10.9 Å². The second-order valence-electron chi connectivity index (χ2n) is 4.16. The molecule has 0 saturated heterocycles. The molecular weight excluding hydrogens is 318 g/mol. The van der Waals surface area contributed by atoms with Gasteiger partial charge in [-0.25, -0.2) is 4.79 Å².